The van der Waals surface area contributed by atoms with Gasteiger partial charge in [0.2, 0.25) is 0 Å². The minimum atomic E-state index is -4.61. The minimum absolute atomic E-state index is 0.0271. The number of quaternary nitrogens is 1. The molecule has 1 saturated carbocycles. The molecule has 7 atom stereocenters. The standard InChI is InChI=1S/C46H86NO10P/c1-6-8-10-11-12-13-14-15-16-17-18-19-20-21-24-28-35-54-38-41(39-56-58(52,53)55-36-34-47(3,4)5)57-46(51)31-27-23-22-26-30-42-43(45(50)37-44(42)49)33-32-40(48)29-25-9-7-2/h22,26,28,32-33,35,40-45,48-50H,6-21,23-25,27,29-31,34,36-39H2,1-5H3/b26-22+,33-32+,35-28+/t40-,41+,42+,43+,44-,45+/m0/s1. The fraction of sp³-hybridized carbons (Fsp3) is 0.848. The van der Waals surface area contributed by atoms with Gasteiger partial charge in [-0.3, -0.25) is 9.36 Å². The number of unbranched alkanes of at least 4 members (excludes halogenated alkanes) is 17. The molecule has 0 aromatic rings. The van der Waals surface area contributed by atoms with Gasteiger partial charge in [-0.1, -0.05) is 141 Å². The van der Waals surface area contributed by atoms with E-state index in [9.17, 15) is 29.6 Å². The van der Waals surface area contributed by atoms with E-state index >= 15 is 0 Å². The number of nitrogens with zero attached hydrogens (tertiary/aromatic N) is 1. The Morgan fingerprint density at radius 1 is 0.776 bits per heavy atom. The third-order valence-electron chi connectivity index (χ3n) is 10.8. The van der Waals surface area contributed by atoms with Gasteiger partial charge in [-0.25, -0.2) is 0 Å². The SMILES string of the molecule is CCCCCCCCCCCCCCCC/C=C/OC[C@H](COP(=O)([O-])OCC[N+](C)(C)C)OC(=O)CCC/C=C/C[C@@H]1[C@@H](/C=C/[C@@H](O)CCCCC)[C@H](O)C[C@@H]1O. The van der Waals surface area contributed by atoms with Crippen LogP contribution < -0.4 is 4.89 Å². The molecule has 0 saturated heterocycles. The number of phosphoric ester groups is 1. The molecule has 0 aromatic heterocycles. The summed E-state index contributed by atoms with van der Waals surface area (Å²) in [6.45, 7) is 4.36. The Hall–Kier alpha value is -1.56. The zero-order valence-electron chi connectivity index (χ0n) is 37.3. The number of aliphatic hydroxyl groups excluding tert-OH is 3. The zero-order valence-corrected chi connectivity index (χ0v) is 38.2. The lowest BCUT2D eigenvalue weighted by Crippen LogP contribution is -2.37. The number of ether oxygens (including phenoxy) is 2. The van der Waals surface area contributed by atoms with Crippen LogP contribution in [-0.4, -0.2) is 97.7 Å². The topological polar surface area (TPSA) is 155 Å². The van der Waals surface area contributed by atoms with Crippen molar-refractivity contribution in [3.05, 3.63) is 36.6 Å². The number of likely N-dealkylation sites (N-methyl/N-ethyl adjacent to an activating group) is 1. The smallest absolute Gasteiger partial charge is 0.306 e. The number of carbonyl (C=O) groups is 1. The van der Waals surface area contributed by atoms with Crippen LogP contribution in [0.15, 0.2) is 36.6 Å². The highest BCUT2D eigenvalue weighted by Gasteiger charge is 2.39. The van der Waals surface area contributed by atoms with E-state index in [-0.39, 0.29) is 31.5 Å². The second-order valence-corrected chi connectivity index (χ2v) is 18.9. The number of esters is 1. The largest absolute Gasteiger partial charge is 0.756 e. The summed E-state index contributed by atoms with van der Waals surface area (Å²) in [7, 11) is 1.18. The molecule has 58 heavy (non-hydrogen) atoms. The maximum atomic E-state index is 12.8. The molecule has 0 heterocycles. The Balaban J connectivity index is 2.47. The van der Waals surface area contributed by atoms with Gasteiger partial charge in [0.05, 0.1) is 52.3 Å². The summed E-state index contributed by atoms with van der Waals surface area (Å²) in [6, 6.07) is 0. The Morgan fingerprint density at radius 3 is 1.98 bits per heavy atom. The lowest BCUT2D eigenvalue weighted by Gasteiger charge is -2.28. The first-order chi connectivity index (χ1) is 27.8. The van der Waals surface area contributed by atoms with Crippen LogP contribution in [0, 0.1) is 11.8 Å². The predicted octanol–water partition coefficient (Wildman–Crippen LogP) is 9.48. The van der Waals surface area contributed by atoms with Gasteiger partial charge in [0.1, 0.15) is 19.8 Å². The van der Waals surface area contributed by atoms with E-state index in [2.05, 4.69) is 13.8 Å². The summed E-state index contributed by atoms with van der Waals surface area (Å²) < 4.78 is 34.3. The quantitative estimate of drug-likeness (QED) is 0.0137. The summed E-state index contributed by atoms with van der Waals surface area (Å²) in [5.74, 6) is -0.873. The Bertz CT molecular complexity index is 1140. The van der Waals surface area contributed by atoms with Crippen LogP contribution in [0.25, 0.3) is 0 Å². The van der Waals surface area contributed by atoms with E-state index in [0.717, 1.165) is 32.1 Å². The first-order valence-electron chi connectivity index (χ1n) is 23.0. The fourth-order valence-corrected chi connectivity index (χ4v) is 7.88. The van der Waals surface area contributed by atoms with Crippen molar-refractivity contribution in [1.82, 2.24) is 0 Å². The van der Waals surface area contributed by atoms with Crippen molar-refractivity contribution in [2.24, 2.45) is 11.8 Å². The van der Waals surface area contributed by atoms with Crippen LogP contribution in [0.5, 0.6) is 0 Å². The molecule has 11 nitrogen and oxygen atoms in total. The van der Waals surface area contributed by atoms with Crippen LogP contribution in [0.2, 0.25) is 0 Å². The first-order valence-corrected chi connectivity index (χ1v) is 24.5. The molecule has 1 aliphatic rings. The van der Waals surface area contributed by atoms with Crippen LogP contribution >= 0.6 is 7.82 Å². The number of rotatable bonds is 38. The number of aliphatic hydroxyl groups is 3. The second kappa shape index (κ2) is 34.1. The monoisotopic (exact) mass is 844 g/mol. The van der Waals surface area contributed by atoms with E-state index in [0.29, 0.717) is 43.1 Å². The molecule has 12 heteroatoms. The van der Waals surface area contributed by atoms with Crippen molar-refractivity contribution in [1.29, 1.82) is 0 Å². The van der Waals surface area contributed by atoms with E-state index in [4.69, 9.17) is 18.5 Å². The van der Waals surface area contributed by atoms with E-state index in [1.54, 1.807) is 12.3 Å². The number of allylic oxidation sites excluding steroid dienone is 3. The van der Waals surface area contributed by atoms with Crippen LogP contribution in [-0.2, 0) is 27.9 Å². The third-order valence-corrected chi connectivity index (χ3v) is 11.8. The van der Waals surface area contributed by atoms with Gasteiger partial charge in [-0.2, -0.15) is 0 Å². The summed E-state index contributed by atoms with van der Waals surface area (Å²) in [5, 5.41) is 31.4. The molecule has 0 bridgehead atoms. The van der Waals surface area contributed by atoms with Crippen LogP contribution in [0.4, 0.5) is 0 Å². The summed E-state index contributed by atoms with van der Waals surface area (Å²) >= 11 is 0. The first kappa shape index (κ1) is 54.5. The highest BCUT2D eigenvalue weighted by molar-refractivity contribution is 7.45. The molecular weight excluding hydrogens is 757 g/mol. The van der Waals surface area contributed by atoms with E-state index in [1.165, 1.54) is 83.5 Å². The third kappa shape index (κ3) is 30.5. The summed E-state index contributed by atoms with van der Waals surface area (Å²) in [5.41, 5.74) is 0. The number of hydrogen-bond acceptors (Lipinski definition) is 10. The molecular formula is C46H86NO10P. The lowest BCUT2D eigenvalue weighted by molar-refractivity contribution is -0.870. The Kier molecular flexibility index (Phi) is 32.0. The Labute approximate surface area is 353 Å². The van der Waals surface area contributed by atoms with Gasteiger partial charge < -0.3 is 43.2 Å². The molecule has 340 valence electrons. The highest BCUT2D eigenvalue weighted by Crippen LogP contribution is 2.38. The van der Waals surface area contributed by atoms with Gasteiger partial charge in [0.15, 0.2) is 6.10 Å². The molecule has 0 spiro atoms. The maximum Gasteiger partial charge on any atom is 0.306 e. The highest BCUT2D eigenvalue weighted by atomic mass is 31.2. The molecule has 0 aromatic carbocycles. The molecule has 0 radical (unpaired) electrons. The van der Waals surface area contributed by atoms with Gasteiger partial charge in [0.25, 0.3) is 7.82 Å². The van der Waals surface area contributed by atoms with E-state index in [1.807, 2.05) is 45.4 Å². The van der Waals surface area contributed by atoms with Crippen molar-refractivity contribution in [3.8, 4) is 0 Å². The van der Waals surface area contributed by atoms with Gasteiger partial charge in [-0.05, 0) is 50.5 Å². The zero-order chi connectivity index (χ0) is 42.9. The predicted molar refractivity (Wildman–Crippen MR) is 233 cm³/mol. The van der Waals surface area contributed by atoms with E-state index < -0.39 is 44.8 Å². The van der Waals surface area contributed by atoms with Crippen LogP contribution in [0.3, 0.4) is 0 Å². The number of hydrogen-bond donors (Lipinski definition) is 3. The minimum Gasteiger partial charge on any atom is -0.756 e. The molecule has 3 N–H and O–H groups in total. The number of carbonyl (C=O) groups excluding carboxylic acids is 1. The fourth-order valence-electron chi connectivity index (χ4n) is 7.15. The summed E-state index contributed by atoms with van der Waals surface area (Å²) in [4.78, 5) is 25.2. The normalized spacial score (nSPS) is 21.0. The molecule has 0 amide bonds. The van der Waals surface area contributed by atoms with Crippen molar-refractivity contribution in [3.63, 3.8) is 0 Å². The van der Waals surface area contributed by atoms with Crippen LogP contribution in [0.1, 0.15) is 168 Å². The average molecular weight is 844 g/mol. The average Bonchev–Trinajstić information content (AvgIpc) is 3.43. The molecule has 1 unspecified atom stereocenters. The van der Waals surface area contributed by atoms with Crippen molar-refractivity contribution >= 4 is 13.8 Å². The number of phosphoric acid groups is 1. The maximum absolute atomic E-state index is 12.8. The van der Waals surface area contributed by atoms with Crippen molar-refractivity contribution < 1.29 is 52.6 Å². The summed E-state index contributed by atoms with van der Waals surface area (Å²) in [6.07, 6.45) is 33.4. The molecule has 0 aliphatic heterocycles. The lowest BCUT2D eigenvalue weighted by atomic mass is 9.89. The Morgan fingerprint density at radius 2 is 1.36 bits per heavy atom. The molecule has 1 fully saturated rings. The van der Waals surface area contributed by atoms with Gasteiger partial charge in [0, 0.05) is 18.8 Å². The molecule has 1 aliphatic carbocycles. The second-order valence-electron chi connectivity index (χ2n) is 17.5. The van der Waals surface area contributed by atoms with Gasteiger partial charge >= 0.3 is 5.97 Å². The van der Waals surface area contributed by atoms with Gasteiger partial charge in [-0.15, -0.1) is 0 Å². The van der Waals surface area contributed by atoms with Crippen molar-refractivity contribution in [2.45, 2.75) is 192 Å². The molecule has 1 rings (SSSR count). The van der Waals surface area contributed by atoms with Crippen molar-refractivity contribution in [2.75, 3.05) is 47.5 Å².